The third kappa shape index (κ3) is 4.06. The van der Waals surface area contributed by atoms with Crippen LogP contribution in [-0.2, 0) is 11.2 Å². The second kappa shape index (κ2) is 6.71. The highest BCUT2D eigenvalue weighted by molar-refractivity contribution is 5.78. The molecule has 1 aliphatic heterocycles. The quantitative estimate of drug-likeness (QED) is 0.898. The highest BCUT2D eigenvalue weighted by atomic mass is 16.2. The van der Waals surface area contributed by atoms with Gasteiger partial charge in [-0.15, -0.1) is 0 Å². The third-order valence-electron chi connectivity index (χ3n) is 3.80. The average molecular weight is 260 g/mol. The summed E-state index contributed by atoms with van der Waals surface area (Å²) in [5.41, 5.74) is 2.35. The summed E-state index contributed by atoms with van der Waals surface area (Å²) >= 11 is 0. The first-order valence-electron chi connectivity index (χ1n) is 7.17. The Morgan fingerprint density at radius 3 is 3.05 bits per heavy atom. The molecule has 1 fully saturated rings. The monoisotopic (exact) mass is 260 g/mol. The molecule has 0 aromatic heterocycles. The van der Waals surface area contributed by atoms with Crippen molar-refractivity contribution in [2.45, 2.75) is 26.2 Å². The molecule has 1 aromatic carbocycles. The Kier molecular flexibility index (Phi) is 4.97. The number of aryl methyl sites for hydroxylation is 1. The minimum absolute atomic E-state index is 0.270. The van der Waals surface area contributed by atoms with Gasteiger partial charge in [-0.3, -0.25) is 4.79 Å². The minimum atomic E-state index is 0.270. The topological polar surface area (TPSA) is 32.3 Å². The van der Waals surface area contributed by atoms with Gasteiger partial charge >= 0.3 is 0 Å². The number of nitrogens with zero attached hydrogens (tertiary/aromatic N) is 1. The van der Waals surface area contributed by atoms with E-state index in [1.807, 2.05) is 24.1 Å². The summed E-state index contributed by atoms with van der Waals surface area (Å²) in [5, 5.41) is 3.22. The molecule has 19 heavy (non-hydrogen) atoms. The summed E-state index contributed by atoms with van der Waals surface area (Å²) in [6.45, 7) is 4.91. The van der Waals surface area contributed by atoms with Crippen LogP contribution in [-0.4, -0.2) is 37.5 Å². The molecular weight excluding hydrogens is 236 g/mol. The predicted octanol–water partition coefficient (Wildman–Crippen LogP) is 2.00. The van der Waals surface area contributed by atoms with Gasteiger partial charge < -0.3 is 10.2 Å². The van der Waals surface area contributed by atoms with Gasteiger partial charge in [-0.2, -0.15) is 0 Å². The Labute approximate surface area is 116 Å². The number of amides is 1. The number of hydrogen-bond acceptors (Lipinski definition) is 2. The molecule has 104 valence electrons. The van der Waals surface area contributed by atoms with Crippen LogP contribution in [0.4, 0.5) is 0 Å². The van der Waals surface area contributed by atoms with Gasteiger partial charge in [-0.1, -0.05) is 29.8 Å². The number of benzene rings is 1. The summed E-state index contributed by atoms with van der Waals surface area (Å²) in [4.78, 5) is 14.4. The first-order chi connectivity index (χ1) is 9.19. The number of likely N-dealkylation sites (tertiary alicyclic amines) is 1. The van der Waals surface area contributed by atoms with Crippen molar-refractivity contribution < 1.29 is 4.79 Å². The number of nitrogens with one attached hydrogen (secondary N) is 1. The number of carbonyl (C=O) groups excluding carboxylic acids is 1. The highest BCUT2D eigenvalue weighted by Gasteiger charge is 2.23. The molecule has 0 spiro atoms. The van der Waals surface area contributed by atoms with Crippen LogP contribution in [0.3, 0.4) is 0 Å². The second-order valence-electron chi connectivity index (χ2n) is 5.57. The van der Waals surface area contributed by atoms with Gasteiger partial charge in [-0.25, -0.2) is 0 Å². The maximum atomic E-state index is 12.3. The molecule has 1 N–H and O–H groups in total. The predicted molar refractivity (Wildman–Crippen MR) is 78.1 cm³/mol. The molecule has 1 saturated heterocycles. The van der Waals surface area contributed by atoms with Crippen LogP contribution in [0.1, 0.15) is 24.0 Å². The van der Waals surface area contributed by atoms with Crippen LogP contribution in [0.5, 0.6) is 0 Å². The van der Waals surface area contributed by atoms with Crippen molar-refractivity contribution in [3.8, 4) is 0 Å². The fourth-order valence-electron chi connectivity index (χ4n) is 2.86. The van der Waals surface area contributed by atoms with Crippen LogP contribution >= 0.6 is 0 Å². The molecule has 1 aromatic rings. The Hall–Kier alpha value is -1.35. The van der Waals surface area contributed by atoms with Crippen molar-refractivity contribution in [1.82, 2.24) is 10.2 Å². The van der Waals surface area contributed by atoms with Gasteiger partial charge in [0.25, 0.3) is 0 Å². The van der Waals surface area contributed by atoms with E-state index in [4.69, 9.17) is 0 Å². The van der Waals surface area contributed by atoms with E-state index in [2.05, 4.69) is 24.4 Å². The molecule has 1 heterocycles. The lowest BCUT2D eigenvalue weighted by molar-refractivity contribution is -0.132. The van der Waals surface area contributed by atoms with E-state index in [9.17, 15) is 4.79 Å². The number of piperidine rings is 1. The van der Waals surface area contributed by atoms with Crippen LogP contribution in [0.15, 0.2) is 24.3 Å². The van der Waals surface area contributed by atoms with Crippen molar-refractivity contribution in [2.24, 2.45) is 5.92 Å². The van der Waals surface area contributed by atoms with Gasteiger partial charge in [0.2, 0.25) is 5.91 Å². The second-order valence-corrected chi connectivity index (χ2v) is 5.57. The first-order valence-corrected chi connectivity index (χ1v) is 7.17. The van der Waals surface area contributed by atoms with Crippen molar-refractivity contribution >= 4 is 5.91 Å². The lowest BCUT2D eigenvalue weighted by Crippen LogP contribution is -2.43. The zero-order valence-corrected chi connectivity index (χ0v) is 12.0. The van der Waals surface area contributed by atoms with Crippen LogP contribution < -0.4 is 5.32 Å². The lowest BCUT2D eigenvalue weighted by atomic mass is 9.97. The average Bonchev–Trinajstić information content (AvgIpc) is 2.39. The van der Waals surface area contributed by atoms with Crippen molar-refractivity contribution in [3.05, 3.63) is 35.4 Å². The van der Waals surface area contributed by atoms with Crippen LogP contribution in [0, 0.1) is 12.8 Å². The van der Waals surface area contributed by atoms with Crippen molar-refractivity contribution in [1.29, 1.82) is 0 Å². The van der Waals surface area contributed by atoms with Gasteiger partial charge in [0.15, 0.2) is 0 Å². The normalized spacial score (nSPS) is 19.5. The van der Waals surface area contributed by atoms with E-state index in [-0.39, 0.29) is 5.91 Å². The highest BCUT2D eigenvalue weighted by Crippen LogP contribution is 2.17. The standard InChI is InChI=1S/C16H24N2O/c1-13-5-3-6-14(9-13)10-16(19)18-8-4-7-15(12-18)11-17-2/h3,5-6,9,15,17H,4,7-8,10-12H2,1-2H3/t15-/m1/s1. The first kappa shape index (κ1) is 14.1. The molecular formula is C16H24N2O. The smallest absolute Gasteiger partial charge is 0.226 e. The Morgan fingerprint density at radius 2 is 2.32 bits per heavy atom. The van der Waals surface area contributed by atoms with Crippen molar-refractivity contribution in [2.75, 3.05) is 26.7 Å². The Balaban J connectivity index is 1.92. The fourth-order valence-corrected chi connectivity index (χ4v) is 2.86. The van der Waals surface area contributed by atoms with Crippen LogP contribution in [0.25, 0.3) is 0 Å². The molecule has 2 rings (SSSR count). The molecule has 0 radical (unpaired) electrons. The SMILES string of the molecule is CNC[C@H]1CCCN(C(=O)Cc2cccc(C)c2)C1. The van der Waals surface area contributed by atoms with E-state index in [1.54, 1.807) is 0 Å². The van der Waals surface area contributed by atoms with Gasteiger partial charge in [0.05, 0.1) is 6.42 Å². The molecule has 1 aliphatic rings. The summed E-state index contributed by atoms with van der Waals surface area (Å²) < 4.78 is 0. The molecule has 0 bridgehead atoms. The number of rotatable bonds is 4. The van der Waals surface area contributed by atoms with Gasteiger partial charge in [0, 0.05) is 13.1 Å². The minimum Gasteiger partial charge on any atom is -0.342 e. The largest absolute Gasteiger partial charge is 0.342 e. The molecule has 1 atom stereocenters. The zero-order chi connectivity index (χ0) is 13.7. The molecule has 3 nitrogen and oxygen atoms in total. The van der Waals surface area contributed by atoms with E-state index < -0.39 is 0 Å². The Bertz CT molecular complexity index is 429. The van der Waals surface area contributed by atoms with E-state index in [0.29, 0.717) is 12.3 Å². The maximum Gasteiger partial charge on any atom is 0.226 e. The van der Waals surface area contributed by atoms with Crippen molar-refractivity contribution in [3.63, 3.8) is 0 Å². The molecule has 0 saturated carbocycles. The van der Waals surface area contributed by atoms with Gasteiger partial charge in [-0.05, 0) is 44.8 Å². The Morgan fingerprint density at radius 1 is 1.47 bits per heavy atom. The van der Waals surface area contributed by atoms with Crippen LogP contribution in [0.2, 0.25) is 0 Å². The zero-order valence-electron chi connectivity index (χ0n) is 12.0. The molecule has 0 unspecified atom stereocenters. The van der Waals surface area contributed by atoms with E-state index >= 15 is 0 Å². The van der Waals surface area contributed by atoms with E-state index in [0.717, 1.165) is 31.6 Å². The summed E-state index contributed by atoms with van der Waals surface area (Å²) in [5.74, 6) is 0.881. The summed E-state index contributed by atoms with van der Waals surface area (Å²) in [6, 6.07) is 8.24. The van der Waals surface area contributed by atoms with Gasteiger partial charge in [0.1, 0.15) is 0 Å². The number of carbonyl (C=O) groups is 1. The lowest BCUT2D eigenvalue weighted by Gasteiger charge is -2.32. The third-order valence-corrected chi connectivity index (χ3v) is 3.80. The maximum absolute atomic E-state index is 12.3. The molecule has 0 aliphatic carbocycles. The van der Waals surface area contributed by atoms with E-state index in [1.165, 1.54) is 12.0 Å². The summed E-state index contributed by atoms with van der Waals surface area (Å²) in [6.07, 6.45) is 2.90. The molecule has 1 amide bonds. The fraction of sp³-hybridized carbons (Fsp3) is 0.562. The number of hydrogen-bond donors (Lipinski definition) is 1. The summed E-state index contributed by atoms with van der Waals surface area (Å²) in [7, 11) is 1.98. The molecule has 3 heteroatoms.